The Labute approximate surface area is 128 Å². The van der Waals surface area contributed by atoms with E-state index in [1.165, 1.54) is 0 Å². The average molecular weight is 298 g/mol. The summed E-state index contributed by atoms with van der Waals surface area (Å²) >= 11 is 0. The zero-order valence-electron chi connectivity index (χ0n) is 14.0. The summed E-state index contributed by atoms with van der Waals surface area (Å²) in [6, 6.07) is -0.0707. The molecule has 0 spiro atoms. The van der Waals surface area contributed by atoms with Crippen molar-refractivity contribution >= 4 is 5.91 Å². The van der Waals surface area contributed by atoms with Gasteiger partial charge in [0.1, 0.15) is 5.60 Å². The van der Waals surface area contributed by atoms with E-state index in [0.29, 0.717) is 31.6 Å². The first-order valence-electron chi connectivity index (χ1n) is 8.13. The Hall–Kier alpha value is -0.650. The van der Waals surface area contributed by atoms with Crippen LogP contribution in [0.5, 0.6) is 0 Å². The molecule has 0 saturated carbocycles. The minimum absolute atomic E-state index is 0.0707. The summed E-state index contributed by atoms with van der Waals surface area (Å²) in [5.41, 5.74) is -0.338. The third kappa shape index (κ3) is 3.25. The predicted molar refractivity (Wildman–Crippen MR) is 81.9 cm³/mol. The van der Waals surface area contributed by atoms with Crippen molar-refractivity contribution in [1.82, 2.24) is 10.2 Å². The van der Waals surface area contributed by atoms with Gasteiger partial charge in [-0.15, -0.1) is 0 Å². The van der Waals surface area contributed by atoms with Crippen LogP contribution in [-0.2, 0) is 14.3 Å². The number of amides is 1. The quantitative estimate of drug-likeness (QED) is 0.809. The first kappa shape index (κ1) is 16.7. The standard InChI is InChI=1S/C16H30N2O3/c1-6-12(4)13-15(19)18(14(17-13)11(2)3)9-16(20-5)7-8-21-10-16/h11-14,17H,6-10H2,1-5H3. The highest BCUT2D eigenvalue weighted by Crippen LogP contribution is 2.29. The van der Waals surface area contributed by atoms with Crippen LogP contribution in [0.25, 0.3) is 0 Å². The zero-order valence-corrected chi connectivity index (χ0v) is 14.0. The average Bonchev–Trinajstić information content (AvgIpc) is 3.05. The summed E-state index contributed by atoms with van der Waals surface area (Å²) in [4.78, 5) is 14.8. The molecule has 4 unspecified atom stereocenters. The van der Waals surface area contributed by atoms with Crippen LogP contribution in [-0.4, -0.2) is 55.5 Å². The molecule has 2 saturated heterocycles. The van der Waals surface area contributed by atoms with Gasteiger partial charge in [0.25, 0.3) is 0 Å². The Kier molecular flexibility index (Phi) is 5.28. The summed E-state index contributed by atoms with van der Waals surface area (Å²) in [6.07, 6.45) is 1.94. The van der Waals surface area contributed by atoms with Crippen molar-refractivity contribution in [2.75, 3.05) is 26.9 Å². The zero-order chi connectivity index (χ0) is 15.6. The summed E-state index contributed by atoms with van der Waals surface area (Å²) in [6.45, 7) is 10.5. The number of hydrogen-bond acceptors (Lipinski definition) is 4. The van der Waals surface area contributed by atoms with E-state index in [-0.39, 0.29) is 23.7 Å². The Balaban J connectivity index is 2.16. The lowest BCUT2D eigenvalue weighted by molar-refractivity contribution is -0.136. The molecule has 0 bridgehead atoms. The second-order valence-electron chi connectivity index (χ2n) is 6.87. The minimum Gasteiger partial charge on any atom is -0.378 e. The lowest BCUT2D eigenvalue weighted by atomic mass is 9.98. The van der Waals surface area contributed by atoms with Crippen LogP contribution >= 0.6 is 0 Å². The van der Waals surface area contributed by atoms with Crippen LogP contribution in [0.1, 0.15) is 40.5 Å². The van der Waals surface area contributed by atoms with Gasteiger partial charge in [-0.3, -0.25) is 10.1 Å². The molecule has 5 nitrogen and oxygen atoms in total. The van der Waals surface area contributed by atoms with Gasteiger partial charge < -0.3 is 14.4 Å². The Morgan fingerprint density at radius 3 is 2.67 bits per heavy atom. The van der Waals surface area contributed by atoms with Crippen LogP contribution < -0.4 is 5.32 Å². The van der Waals surface area contributed by atoms with Crippen LogP contribution in [0.15, 0.2) is 0 Å². The van der Waals surface area contributed by atoms with E-state index in [1.807, 2.05) is 4.90 Å². The molecule has 0 aliphatic carbocycles. The number of hydrogen-bond donors (Lipinski definition) is 1. The third-order valence-corrected chi connectivity index (χ3v) is 5.04. The fraction of sp³-hybridized carbons (Fsp3) is 0.938. The molecule has 2 aliphatic heterocycles. The molecule has 1 amide bonds. The molecule has 1 N–H and O–H groups in total. The van der Waals surface area contributed by atoms with Gasteiger partial charge in [-0.2, -0.15) is 0 Å². The lowest BCUT2D eigenvalue weighted by Crippen LogP contribution is -2.51. The number of nitrogens with one attached hydrogen (secondary N) is 1. The van der Waals surface area contributed by atoms with Crippen molar-refractivity contribution in [2.24, 2.45) is 11.8 Å². The minimum atomic E-state index is -0.338. The summed E-state index contributed by atoms with van der Waals surface area (Å²) in [5.74, 6) is 0.938. The van der Waals surface area contributed by atoms with Gasteiger partial charge in [-0.25, -0.2) is 0 Å². The van der Waals surface area contributed by atoms with Gasteiger partial charge in [0.15, 0.2) is 0 Å². The van der Waals surface area contributed by atoms with Crippen molar-refractivity contribution in [3.8, 4) is 0 Å². The molecular formula is C16H30N2O3. The Morgan fingerprint density at radius 1 is 1.48 bits per heavy atom. The van der Waals surface area contributed by atoms with E-state index in [9.17, 15) is 4.79 Å². The van der Waals surface area contributed by atoms with Crippen molar-refractivity contribution in [3.63, 3.8) is 0 Å². The largest absolute Gasteiger partial charge is 0.378 e. The van der Waals surface area contributed by atoms with Crippen molar-refractivity contribution in [1.29, 1.82) is 0 Å². The van der Waals surface area contributed by atoms with Crippen LogP contribution in [0, 0.1) is 11.8 Å². The molecule has 2 fully saturated rings. The van der Waals surface area contributed by atoms with Gasteiger partial charge in [0, 0.05) is 20.1 Å². The molecule has 0 radical (unpaired) electrons. The molecular weight excluding hydrogens is 268 g/mol. The first-order valence-corrected chi connectivity index (χ1v) is 8.13. The van der Waals surface area contributed by atoms with Crippen LogP contribution in [0.4, 0.5) is 0 Å². The second kappa shape index (κ2) is 6.63. The van der Waals surface area contributed by atoms with Gasteiger partial charge in [0.05, 0.1) is 25.4 Å². The summed E-state index contributed by atoms with van der Waals surface area (Å²) in [7, 11) is 1.72. The summed E-state index contributed by atoms with van der Waals surface area (Å²) in [5, 5.41) is 3.54. The molecule has 0 aromatic carbocycles. The molecule has 4 atom stereocenters. The number of nitrogens with zero attached hydrogens (tertiary/aromatic N) is 1. The normalized spacial score (nSPS) is 35.0. The molecule has 5 heteroatoms. The summed E-state index contributed by atoms with van der Waals surface area (Å²) < 4.78 is 11.2. The van der Waals surface area contributed by atoms with Gasteiger partial charge in [-0.05, 0) is 11.8 Å². The van der Waals surface area contributed by atoms with E-state index in [0.717, 1.165) is 12.8 Å². The van der Waals surface area contributed by atoms with Crippen molar-refractivity contribution < 1.29 is 14.3 Å². The topological polar surface area (TPSA) is 50.8 Å². The number of carbonyl (C=O) groups excluding carboxylic acids is 1. The highest BCUT2D eigenvalue weighted by atomic mass is 16.5. The fourth-order valence-electron chi connectivity index (χ4n) is 3.28. The van der Waals surface area contributed by atoms with E-state index in [2.05, 4.69) is 33.0 Å². The molecule has 2 rings (SSSR count). The lowest BCUT2D eigenvalue weighted by Gasteiger charge is -2.35. The van der Waals surface area contributed by atoms with Crippen LogP contribution in [0.2, 0.25) is 0 Å². The molecule has 0 aromatic heterocycles. The highest BCUT2D eigenvalue weighted by molar-refractivity contribution is 5.84. The molecule has 21 heavy (non-hydrogen) atoms. The predicted octanol–water partition coefficient (Wildman–Crippen LogP) is 1.62. The maximum absolute atomic E-state index is 12.8. The van der Waals surface area contributed by atoms with E-state index in [1.54, 1.807) is 7.11 Å². The highest BCUT2D eigenvalue weighted by Gasteiger charge is 2.47. The van der Waals surface area contributed by atoms with Gasteiger partial charge in [-0.1, -0.05) is 34.1 Å². The SMILES string of the molecule is CCC(C)C1NC(C(C)C)N(CC2(OC)CCOC2)C1=O. The molecule has 2 heterocycles. The van der Waals surface area contributed by atoms with Crippen LogP contribution in [0.3, 0.4) is 0 Å². The van der Waals surface area contributed by atoms with Crippen molar-refractivity contribution in [2.45, 2.75) is 58.3 Å². The second-order valence-corrected chi connectivity index (χ2v) is 6.87. The maximum Gasteiger partial charge on any atom is 0.241 e. The number of rotatable bonds is 6. The van der Waals surface area contributed by atoms with E-state index < -0.39 is 0 Å². The Bertz CT molecular complexity index is 367. The number of carbonyl (C=O) groups is 1. The smallest absolute Gasteiger partial charge is 0.241 e. The Morgan fingerprint density at radius 2 is 2.19 bits per heavy atom. The van der Waals surface area contributed by atoms with E-state index in [4.69, 9.17) is 9.47 Å². The molecule has 122 valence electrons. The monoisotopic (exact) mass is 298 g/mol. The first-order chi connectivity index (χ1) is 9.94. The number of methoxy groups -OCH3 is 1. The van der Waals surface area contributed by atoms with Gasteiger partial charge >= 0.3 is 0 Å². The third-order valence-electron chi connectivity index (χ3n) is 5.04. The maximum atomic E-state index is 12.8. The number of ether oxygens (including phenoxy) is 2. The molecule has 0 aromatic rings. The van der Waals surface area contributed by atoms with Gasteiger partial charge in [0.2, 0.25) is 5.91 Å². The van der Waals surface area contributed by atoms with E-state index >= 15 is 0 Å². The fourth-order valence-corrected chi connectivity index (χ4v) is 3.28. The molecule has 2 aliphatic rings. The van der Waals surface area contributed by atoms with Crippen molar-refractivity contribution in [3.05, 3.63) is 0 Å².